The molecule has 0 fully saturated rings. The summed E-state index contributed by atoms with van der Waals surface area (Å²) < 4.78 is 4.93. The second kappa shape index (κ2) is 6.06. The third kappa shape index (κ3) is 3.47. The summed E-state index contributed by atoms with van der Waals surface area (Å²) in [6.07, 6.45) is 1.41. The Balaban J connectivity index is 1.86. The third-order valence-corrected chi connectivity index (χ3v) is 2.95. The second-order valence-electron chi connectivity index (χ2n) is 4.51. The van der Waals surface area contributed by atoms with E-state index in [1.54, 1.807) is 6.07 Å². The Kier molecular flexibility index (Phi) is 4.20. The highest BCUT2D eigenvalue weighted by molar-refractivity contribution is 5.98. The van der Waals surface area contributed by atoms with Crippen molar-refractivity contribution in [2.75, 3.05) is 11.9 Å². The van der Waals surface area contributed by atoms with E-state index in [1.807, 2.05) is 32.0 Å². The molecule has 0 atom stereocenters. The number of hydrogen-bond acceptors (Lipinski definition) is 3. The van der Waals surface area contributed by atoms with Crippen LogP contribution < -0.4 is 10.6 Å². The largest absolute Gasteiger partial charge is 0.459 e. The molecule has 2 amide bonds. The lowest BCUT2D eigenvalue weighted by atomic mass is 10.1. The molecule has 104 valence electrons. The number of benzene rings is 1. The molecule has 0 saturated carbocycles. The van der Waals surface area contributed by atoms with Crippen LogP contribution >= 0.6 is 0 Å². The Hall–Kier alpha value is -2.56. The zero-order chi connectivity index (χ0) is 14.5. The van der Waals surface area contributed by atoms with Crippen molar-refractivity contribution in [3.63, 3.8) is 0 Å². The molecule has 1 aromatic carbocycles. The predicted molar refractivity (Wildman–Crippen MR) is 75.6 cm³/mol. The first-order valence-electron chi connectivity index (χ1n) is 6.25. The number of furan rings is 1. The van der Waals surface area contributed by atoms with Crippen LogP contribution in [-0.2, 0) is 4.79 Å². The zero-order valence-electron chi connectivity index (χ0n) is 11.4. The van der Waals surface area contributed by atoms with E-state index < -0.39 is 5.91 Å². The second-order valence-corrected chi connectivity index (χ2v) is 4.51. The van der Waals surface area contributed by atoms with Crippen LogP contribution in [0.4, 0.5) is 5.69 Å². The lowest BCUT2D eigenvalue weighted by Crippen LogP contribution is -2.32. The molecule has 1 aromatic heterocycles. The lowest BCUT2D eigenvalue weighted by molar-refractivity contribution is -0.115. The topological polar surface area (TPSA) is 71.3 Å². The van der Waals surface area contributed by atoms with Gasteiger partial charge in [0.15, 0.2) is 5.76 Å². The van der Waals surface area contributed by atoms with E-state index in [9.17, 15) is 9.59 Å². The van der Waals surface area contributed by atoms with Gasteiger partial charge in [-0.1, -0.05) is 6.07 Å². The monoisotopic (exact) mass is 272 g/mol. The van der Waals surface area contributed by atoms with Crippen LogP contribution in [0, 0.1) is 13.8 Å². The Morgan fingerprint density at radius 3 is 2.60 bits per heavy atom. The highest BCUT2D eigenvalue weighted by Crippen LogP contribution is 2.13. The van der Waals surface area contributed by atoms with Crippen molar-refractivity contribution >= 4 is 17.5 Å². The van der Waals surface area contributed by atoms with E-state index in [0.717, 1.165) is 11.1 Å². The standard InChI is InChI=1S/C15H16N2O3/c1-10-5-6-12(8-11(10)2)17-14(18)9-16-15(19)13-4-3-7-20-13/h3-8H,9H2,1-2H3,(H,16,19)(H,17,18). The zero-order valence-corrected chi connectivity index (χ0v) is 11.4. The summed E-state index contributed by atoms with van der Waals surface area (Å²) in [7, 11) is 0. The minimum Gasteiger partial charge on any atom is -0.459 e. The summed E-state index contributed by atoms with van der Waals surface area (Å²) >= 11 is 0. The van der Waals surface area contributed by atoms with Gasteiger partial charge in [-0.05, 0) is 49.2 Å². The molecule has 0 aliphatic heterocycles. The van der Waals surface area contributed by atoms with Gasteiger partial charge in [0.1, 0.15) is 0 Å². The van der Waals surface area contributed by atoms with E-state index in [0.29, 0.717) is 5.69 Å². The van der Waals surface area contributed by atoms with E-state index in [-0.39, 0.29) is 18.2 Å². The fourth-order valence-corrected chi connectivity index (χ4v) is 1.68. The summed E-state index contributed by atoms with van der Waals surface area (Å²) in [6, 6.07) is 8.81. The number of amides is 2. The van der Waals surface area contributed by atoms with Crippen LogP contribution in [-0.4, -0.2) is 18.4 Å². The van der Waals surface area contributed by atoms with Gasteiger partial charge in [0.25, 0.3) is 5.91 Å². The van der Waals surface area contributed by atoms with E-state index in [1.165, 1.54) is 12.3 Å². The minimum absolute atomic E-state index is 0.105. The van der Waals surface area contributed by atoms with Gasteiger partial charge in [-0.25, -0.2) is 0 Å². The van der Waals surface area contributed by atoms with Gasteiger partial charge in [-0.3, -0.25) is 9.59 Å². The van der Waals surface area contributed by atoms with E-state index in [2.05, 4.69) is 10.6 Å². The first kappa shape index (κ1) is 13.9. The predicted octanol–water partition coefficient (Wildman–Crippen LogP) is 2.26. The molecule has 1 heterocycles. The molecule has 5 nitrogen and oxygen atoms in total. The summed E-state index contributed by atoms with van der Waals surface area (Å²) in [5.74, 6) is -0.512. The molecule has 0 saturated heterocycles. The third-order valence-electron chi connectivity index (χ3n) is 2.95. The van der Waals surface area contributed by atoms with Gasteiger partial charge in [0, 0.05) is 5.69 Å². The Morgan fingerprint density at radius 1 is 1.15 bits per heavy atom. The van der Waals surface area contributed by atoms with Gasteiger partial charge in [-0.2, -0.15) is 0 Å². The van der Waals surface area contributed by atoms with Crippen molar-refractivity contribution in [3.8, 4) is 0 Å². The van der Waals surface area contributed by atoms with E-state index >= 15 is 0 Å². The van der Waals surface area contributed by atoms with Gasteiger partial charge in [0.05, 0.1) is 12.8 Å². The van der Waals surface area contributed by atoms with Gasteiger partial charge >= 0.3 is 0 Å². The first-order valence-corrected chi connectivity index (χ1v) is 6.25. The van der Waals surface area contributed by atoms with Crippen molar-refractivity contribution in [3.05, 3.63) is 53.5 Å². The molecule has 5 heteroatoms. The van der Waals surface area contributed by atoms with Crippen LogP contribution in [0.1, 0.15) is 21.7 Å². The molecule has 0 radical (unpaired) electrons. The molecule has 0 spiro atoms. The fraction of sp³-hybridized carbons (Fsp3) is 0.200. The molecule has 2 aromatic rings. The summed E-state index contributed by atoms with van der Waals surface area (Å²) in [4.78, 5) is 23.3. The summed E-state index contributed by atoms with van der Waals surface area (Å²) in [6.45, 7) is 3.88. The number of rotatable bonds is 4. The van der Waals surface area contributed by atoms with Gasteiger partial charge in [0.2, 0.25) is 5.91 Å². The molecule has 0 bridgehead atoms. The molecule has 20 heavy (non-hydrogen) atoms. The Morgan fingerprint density at radius 2 is 1.95 bits per heavy atom. The maximum absolute atomic E-state index is 11.7. The van der Waals surface area contributed by atoms with Crippen molar-refractivity contribution in [1.29, 1.82) is 0 Å². The fourth-order valence-electron chi connectivity index (χ4n) is 1.68. The van der Waals surface area contributed by atoms with Crippen LogP contribution in [0.15, 0.2) is 41.0 Å². The quantitative estimate of drug-likeness (QED) is 0.896. The molecule has 0 unspecified atom stereocenters. The molecular weight excluding hydrogens is 256 g/mol. The molecular formula is C15H16N2O3. The number of nitrogens with one attached hydrogen (secondary N) is 2. The smallest absolute Gasteiger partial charge is 0.287 e. The van der Waals surface area contributed by atoms with Crippen molar-refractivity contribution < 1.29 is 14.0 Å². The Bertz CT molecular complexity index is 618. The van der Waals surface area contributed by atoms with Gasteiger partial charge in [-0.15, -0.1) is 0 Å². The average Bonchev–Trinajstić information content (AvgIpc) is 2.94. The van der Waals surface area contributed by atoms with Gasteiger partial charge < -0.3 is 15.1 Å². The first-order chi connectivity index (χ1) is 9.56. The van der Waals surface area contributed by atoms with E-state index in [4.69, 9.17) is 4.42 Å². The number of carbonyl (C=O) groups excluding carboxylic acids is 2. The van der Waals surface area contributed by atoms with Crippen LogP contribution in [0.3, 0.4) is 0 Å². The number of anilines is 1. The maximum Gasteiger partial charge on any atom is 0.287 e. The van der Waals surface area contributed by atoms with Crippen LogP contribution in [0.25, 0.3) is 0 Å². The molecule has 2 N–H and O–H groups in total. The lowest BCUT2D eigenvalue weighted by Gasteiger charge is -2.08. The molecule has 0 aliphatic carbocycles. The van der Waals surface area contributed by atoms with Crippen LogP contribution in [0.2, 0.25) is 0 Å². The highest BCUT2D eigenvalue weighted by Gasteiger charge is 2.10. The van der Waals surface area contributed by atoms with Crippen molar-refractivity contribution in [1.82, 2.24) is 5.32 Å². The summed E-state index contributed by atoms with van der Waals surface area (Å²) in [5, 5.41) is 5.21. The molecule has 2 rings (SSSR count). The van der Waals surface area contributed by atoms with Crippen molar-refractivity contribution in [2.24, 2.45) is 0 Å². The number of carbonyl (C=O) groups is 2. The number of aryl methyl sites for hydroxylation is 2. The number of hydrogen-bond donors (Lipinski definition) is 2. The molecule has 0 aliphatic rings. The SMILES string of the molecule is Cc1ccc(NC(=O)CNC(=O)c2ccco2)cc1C. The minimum atomic E-state index is -0.412. The van der Waals surface area contributed by atoms with Crippen LogP contribution in [0.5, 0.6) is 0 Å². The Labute approximate surface area is 117 Å². The van der Waals surface area contributed by atoms with Crippen molar-refractivity contribution in [2.45, 2.75) is 13.8 Å². The highest BCUT2D eigenvalue weighted by atomic mass is 16.3. The maximum atomic E-state index is 11.7. The normalized spacial score (nSPS) is 10.1. The average molecular weight is 272 g/mol. The summed E-state index contributed by atoms with van der Waals surface area (Å²) in [5.41, 5.74) is 2.97.